The summed E-state index contributed by atoms with van der Waals surface area (Å²) < 4.78 is 54.7. The van der Waals surface area contributed by atoms with E-state index in [0.717, 1.165) is 29.7 Å². The predicted octanol–water partition coefficient (Wildman–Crippen LogP) is 6.77. The number of rotatable bonds is 7. The summed E-state index contributed by atoms with van der Waals surface area (Å²) in [7, 11) is -2.52. The summed E-state index contributed by atoms with van der Waals surface area (Å²) in [6.07, 6.45) is 2.90. The molecule has 0 amide bonds. The van der Waals surface area contributed by atoms with Crippen LogP contribution in [-0.2, 0) is 38.8 Å². The third-order valence-electron chi connectivity index (χ3n) is 8.61. The summed E-state index contributed by atoms with van der Waals surface area (Å²) in [5.41, 5.74) is 3.34. The highest BCUT2D eigenvalue weighted by Crippen LogP contribution is 2.45. The van der Waals surface area contributed by atoms with Crippen molar-refractivity contribution < 1.29 is 32.2 Å². The van der Waals surface area contributed by atoms with Crippen molar-refractivity contribution in [1.29, 1.82) is 0 Å². The number of aryl methyl sites for hydroxylation is 2. The number of carbonyl (C=O) groups is 1. The molecule has 1 atom stereocenters. The zero-order valence-corrected chi connectivity index (χ0v) is 26.9. The second-order valence-electron chi connectivity index (χ2n) is 12.7. The number of benzene rings is 3. The molecule has 1 saturated heterocycles. The minimum absolute atomic E-state index is 0.194. The molecule has 1 aliphatic heterocycles. The standard InChI is InChI=1S/C35H39NO7S/c1-22-16-18-24(19-17-22)44(38,39)36-28-15-11-10-14-25(28)31-26(21-30-34(2,3)43-35(4,5)42-30)27(20-29(40-6)32(31)36)33(37)41-23-12-8-7-9-13-23/h7-9,12-13,16-20,30H,10-11,14-15,21H2,1-6H3/t30-/m1/s1. The zero-order chi connectivity index (χ0) is 31.4. The van der Waals surface area contributed by atoms with Crippen LogP contribution in [0.2, 0.25) is 0 Å². The van der Waals surface area contributed by atoms with Gasteiger partial charge in [0.05, 0.1) is 29.3 Å². The highest BCUT2D eigenvalue weighted by molar-refractivity contribution is 7.90. The molecule has 2 heterocycles. The fraction of sp³-hybridized carbons (Fsp3) is 0.400. The molecule has 232 valence electrons. The fourth-order valence-electron chi connectivity index (χ4n) is 6.69. The molecule has 4 aromatic rings. The molecule has 0 spiro atoms. The van der Waals surface area contributed by atoms with Gasteiger partial charge >= 0.3 is 5.97 Å². The quantitative estimate of drug-likeness (QED) is 0.167. The van der Waals surface area contributed by atoms with E-state index in [1.165, 1.54) is 11.1 Å². The number of methoxy groups -OCH3 is 1. The van der Waals surface area contributed by atoms with Crippen LogP contribution in [-0.4, -0.2) is 43.0 Å². The Hall–Kier alpha value is -3.66. The molecule has 0 saturated carbocycles. The topological polar surface area (TPSA) is 93.1 Å². The van der Waals surface area contributed by atoms with Gasteiger partial charge < -0.3 is 18.9 Å². The molecular weight excluding hydrogens is 578 g/mol. The molecule has 0 radical (unpaired) electrons. The second kappa shape index (κ2) is 11.1. The summed E-state index contributed by atoms with van der Waals surface area (Å²) >= 11 is 0. The minimum atomic E-state index is -4.02. The largest absolute Gasteiger partial charge is 0.494 e. The van der Waals surface area contributed by atoms with Crippen LogP contribution in [0.1, 0.15) is 73.3 Å². The number of fused-ring (bicyclic) bond motifs is 3. The first-order valence-electron chi connectivity index (χ1n) is 15.1. The van der Waals surface area contributed by atoms with Crippen LogP contribution in [0.15, 0.2) is 65.6 Å². The lowest BCUT2D eigenvalue weighted by Crippen LogP contribution is -2.35. The van der Waals surface area contributed by atoms with Gasteiger partial charge in [-0.25, -0.2) is 17.2 Å². The number of carbonyl (C=O) groups excluding carboxylic acids is 1. The van der Waals surface area contributed by atoms with Crippen molar-refractivity contribution in [3.8, 4) is 11.5 Å². The maximum absolute atomic E-state index is 14.4. The Morgan fingerprint density at radius 3 is 2.32 bits per heavy atom. The fourth-order valence-corrected chi connectivity index (χ4v) is 8.30. The molecule has 3 aromatic carbocycles. The van der Waals surface area contributed by atoms with Crippen molar-refractivity contribution in [3.63, 3.8) is 0 Å². The predicted molar refractivity (Wildman–Crippen MR) is 168 cm³/mol. The number of ether oxygens (including phenoxy) is 4. The van der Waals surface area contributed by atoms with Gasteiger partial charge in [-0.2, -0.15) is 0 Å². The van der Waals surface area contributed by atoms with Crippen molar-refractivity contribution in [2.75, 3.05) is 7.11 Å². The van der Waals surface area contributed by atoms with Crippen LogP contribution >= 0.6 is 0 Å². The van der Waals surface area contributed by atoms with E-state index in [4.69, 9.17) is 18.9 Å². The number of hydrogen-bond acceptors (Lipinski definition) is 7. The summed E-state index contributed by atoms with van der Waals surface area (Å²) in [5, 5.41) is 0.707. The average molecular weight is 618 g/mol. The lowest BCUT2D eigenvalue weighted by atomic mass is 9.87. The highest BCUT2D eigenvalue weighted by atomic mass is 32.2. The van der Waals surface area contributed by atoms with Crippen molar-refractivity contribution >= 4 is 26.9 Å². The molecule has 1 aliphatic carbocycles. The van der Waals surface area contributed by atoms with E-state index in [-0.39, 0.29) is 10.6 Å². The van der Waals surface area contributed by atoms with Gasteiger partial charge in [0.2, 0.25) is 0 Å². The summed E-state index contributed by atoms with van der Waals surface area (Å²) in [6, 6.07) is 17.4. The van der Waals surface area contributed by atoms with Gasteiger partial charge in [0.1, 0.15) is 17.0 Å². The van der Waals surface area contributed by atoms with Crippen molar-refractivity contribution in [1.82, 2.24) is 3.97 Å². The molecule has 44 heavy (non-hydrogen) atoms. The van der Waals surface area contributed by atoms with Gasteiger partial charge in [0.25, 0.3) is 10.0 Å². The Morgan fingerprint density at radius 1 is 1.00 bits per heavy atom. The minimum Gasteiger partial charge on any atom is -0.494 e. The van der Waals surface area contributed by atoms with Crippen LogP contribution < -0.4 is 9.47 Å². The van der Waals surface area contributed by atoms with Gasteiger partial charge in [0.15, 0.2) is 5.79 Å². The first-order valence-corrected chi connectivity index (χ1v) is 16.5. The Labute approximate surface area is 258 Å². The van der Waals surface area contributed by atoms with Crippen LogP contribution in [0.4, 0.5) is 0 Å². The molecule has 0 unspecified atom stereocenters. The Bertz CT molecular complexity index is 1840. The number of para-hydroxylation sites is 1. The van der Waals surface area contributed by atoms with E-state index < -0.39 is 33.5 Å². The van der Waals surface area contributed by atoms with Gasteiger partial charge in [-0.3, -0.25) is 0 Å². The zero-order valence-electron chi connectivity index (χ0n) is 26.1. The maximum Gasteiger partial charge on any atom is 0.343 e. The first kappa shape index (κ1) is 30.4. The van der Waals surface area contributed by atoms with Crippen molar-refractivity contribution in [2.24, 2.45) is 0 Å². The normalized spacial score (nSPS) is 19.1. The smallest absolute Gasteiger partial charge is 0.343 e. The third kappa shape index (κ3) is 5.31. The van der Waals surface area contributed by atoms with E-state index in [1.54, 1.807) is 54.6 Å². The molecule has 8 nitrogen and oxygen atoms in total. The van der Waals surface area contributed by atoms with E-state index in [1.807, 2.05) is 40.7 Å². The van der Waals surface area contributed by atoms with Gasteiger partial charge in [-0.1, -0.05) is 35.9 Å². The van der Waals surface area contributed by atoms with Crippen LogP contribution in [0, 0.1) is 6.92 Å². The van der Waals surface area contributed by atoms with Crippen molar-refractivity contribution in [2.45, 2.75) is 89.1 Å². The van der Waals surface area contributed by atoms with E-state index in [2.05, 4.69) is 0 Å². The summed E-state index contributed by atoms with van der Waals surface area (Å²) in [4.78, 5) is 14.2. The highest BCUT2D eigenvalue weighted by Gasteiger charge is 2.48. The number of hydrogen-bond donors (Lipinski definition) is 0. The van der Waals surface area contributed by atoms with E-state index in [9.17, 15) is 13.2 Å². The molecule has 2 aliphatic rings. The molecule has 0 N–H and O–H groups in total. The molecule has 1 aromatic heterocycles. The first-order chi connectivity index (χ1) is 20.8. The number of nitrogens with zero attached hydrogens (tertiary/aromatic N) is 1. The second-order valence-corrected chi connectivity index (χ2v) is 14.4. The van der Waals surface area contributed by atoms with Gasteiger partial charge in [-0.15, -0.1) is 0 Å². The Morgan fingerprint density at radius 2 is 1.68 bits per heavy atom. The average Bonchev–Trinajstić information content (AvgIpc) is 3.43. The van der Waals surface area contributed by atoms with Crippen LogP contribution in [0.5, 0.6) is 11.5 Å². The molecule has 0 bridgehead atoms. The monoisotopic (exact) mass is 617 g/mol. The molecule has 9 heteroatoms. The number of aromatic nitrogens is 1. The summed E-state index contributed by atoms with van der Waals surface area (Å²) in [5.74, 6) is -0.686. The van der Waals surface area contributed by atoms with E-state index in [0.29, 0.717) is 47.0 Å². The lowest BCUT2D eigenvalue weighted by Gasteiger charge is -2.25. The van der Waals surface area contributed by atoms with Crippen molar-refractivity contribution in [3.05, 3.63) is 88.6 Å². The molecule has 6 rings (SSSR count). The van der Waals surface area contributed by atoms with Gasteiger partial charge in [0, 0.05) is 17.5 Å². The molecule has 1 fully saturated rings. The Balaban J connectivity index is 1.65. The Kier molecular flexibility index (Phi) is 7.63. The van der Waals surface area contributed by atoms with E-state index >= 15 is 0 Å². The van der Waals surface area contributed by atoms with Crippen LogP contribution in [0.3, 0.4) is 0 Å². The lowest BCUT2D eigenvalue weighted by molar-refractivity contribution is -0.157. The van der Waals surface area contributed by atoms with Crippen LogP contribution in [0.25, 0.3) is 10.9 Å². The summed E-state index contributed by atoms with van der Waals surface area (Å²) in [6.45, 7) is 9.60. The SMILES string of the molecule is COc1cc(C(=O)Oc2ccccc2)c(C[C@H]2OC(C)(C)OC2(C)C)c2c3c(n(S(=O)(=O)c4ccc(C)cc4)c12)CCCC3. The molecular formula is C35H39NO7S. The van der Waals surface area contributed by atoms with Gasteiger partial charge in [-0.05, 0) is 102 Å². The number of esters is 1. The maximum atomic E-state index is 14.4. The third-order valence-corrected chi connectivity index (χ3v) is 10.4.